The Morgan fingerprint density at radius 2 is 1.40 bits per heavy atom. The van der Waals surface area contributed by atoms with Crippen LogP contribution < -0.4 is 0 Å². The topological polar surface area (TPSA) is 18.5 Å². The van der Waals surface area contributed by atoms with Crippen molar-refractivity contribution in [2.24, 2.45) is 11.8 Å². The van der Waals surface area contributed by atoms with E-state index in [1.54, 1.807) is 6.07 Å². The molecule has 1 saturated heterocycles. The van der Waals surface area contributed by atoms with Gasteiger partial charge in [0.2, 0.25) is 0 Å². The van der Waals surface area contributed by atoms with Crippen molar-refractivity contribution in [2.75, 3.05) is 13.2 Å². The highest BCUT2D eigenvalue weighted by Gasteiger charge is 2.24. The smallest absolute Gasteiger partial charge is 0.183 e. The van der Waals surface area contributed by atoms with Crippen LogP contribution in [0.4, 0.5) is 4.39 Å². The van der Waals surface area contributed by atoms with E-state index in [2.05, 4.69) is 19.9 Å². The molecule has 0 amide bonds. The maximum Gasteiger partial charge on any atom is 0.183 e. The Morgan fingerprint density at radius 1 is 0.714 bits per heavy atom. The van der Waals surface area contributed by atoms with Crippen molar-refractivity contribution in [1.82, 2.24) is 0 Å². The number of halogens is 1. The van der Waals surface area contributed by atoms with Crippen LogP contribution in [-0.4, -0.2) is 13.2 Å². The molecule has 2 nitrogen and oxygen atoms in total. The Morgan fingerprint density at radius 3 is 2.06 bits per heavy atom. The summed E-state index contributed by atoms with van der Waals surface area (Å²) in [7, 11) is 0. The molecule has 2 aliphatic rings. The van der Waals surface area contributed by atoms with Crippen LogP contribution in [0, 0.1) is 17.7 Å². The van der Waals surface area contributed by atoms with Gasteiger partial charge in [-0.2, -0.15) is 0 Å². The van der Waals surface area contributed by atoms with E-state index in [1.807, 2.05) is 30.3 Å². The molecule has 0 unspecified atom stereocenters. The first-order valence-electron chi connectivity index (χ1n) is 14.3. The second-order valence-electron chi connectivity index (χ2n) is 10.9. The first-order valence-corrected chi connectivity index (χ1v) is 14.3. The molecule has 2 fully saturated rings. The van der Waals surface area contributed by atoms with Crippen LogP contribution in [-0.2, 0) is 9.47 Å². The minimum Gasteiger partial charge on any atom is -0.348 e. The predicted octanol–water partition coefficient (Wildman–Crippen LogP) is 9.59. The lowest BCUT2D eigenvalue weighted by molar-refractivity contribution is -0.206. The van der Waals surface area contributed by atoms with Gasteiger partial charge in [-0.25, -0.2) is 4.39 Å². The van der Waals surface area contributed by atoms with Gasteiger partial charge in [0.25, 0.3) is 0 Å². The maximum atomic E-state index is 15.2. The van der Waals surface area contributed by atoms with Gasteiger partial charge in [0, 0.05) is 17.0 Å². The number of unbranched alkanes of at least 4 members (excludes halogenated alkanes) is 4. The molecule has 0 atom stereocenters. The predicted molar refractivity (Wildman–Crippen MR) is 143 cm³/mol. The van der Waals surface area contributed by atoms with Gasteiger partial charge in [0.15, 0.2) is 6.29 Å². The second kappa shape index (κ2) is 13.6. The summed E-state index contributed by atoms with van der Waals surface area (Å²) in [5.41, 5.74) is 3.76. The average molecular weight is 481 g/mol. The Hall–Kier alpha value is -1.71. The summed E-state index contributed by atoms with van der Waals surface area (Å²) in [6.45, 7) is 5.96. The molecule has 0 N–H and O–H groups in total. The molecule has 3 heteroatoms. The lowest BCUT2D eigenvalue weighted by Gasteiger charge is -2.29. The van der Waals surface area contributed by atoms with Gasteiger partial charge in [0.05, 0.1) is 13.2 Å². The van der Waals surface area contributed by atoms with E-state index in [4.69, 9.17) is 9.47 Å². The molecule has 0 radical (unpaired) electrons. The number of ether oxygens (including phenoxy) is 2. The van der Waals surface area contributed by atoms with E-state index in [0.717, 1.165) is 43.1 Å². The highest BCUT2D eigenvalue weighted by atomic mass is 19.1. The van der Waals surface area contributed by atoms with E-state index in [-0.39, 0.29) is 12.1 Å². The van der Waals surface area contributed by atoms with Crippen molar-refractivity contribution in [2.45, 2.75) is 103 Å². The van der Waals surface area contributed by atoms with Crippen molar-refractivity contribution in [3.63, 3.8) is 0 Å². The van der Waals surface area contributed by atoms with Crippen LogP contribution in [0.15, 0.2) is 42.5 Å². The number of rotatable bonds is 11. The van der Waals surface area contributed by atoms with E-state index in [0.29, 0.717) is 17.4 Å². The summed E-state index contributed by atoms with van der Waals surface area (Å²) < 4.78 is 27.0. The van der Waals surface area contributed by atoms with Crippen molar-refractivity contribution < 1.29 is 13.9 Å². The Bertz CT molecular complexity index is 877. The zero-order chi connectivity index (χ0) is 24.5. The van der Waals surface area contributed by atoms with E-state index < -0.39 is 0 Å². The van der Waals surface area contributed by atoms with Crippen molar-refractivity contribution in [1.29, 1.82) is 0 Å². The maximum absolute atomic E-state index is 15.2. The lowest BCUT2D eigenvalue weighted by Crippen LogP contribution is -2.26. The van der Waals surface area contributed by atoms with E-state index in [9.17, 15) is 0 Å². The third-order valence-corrected chi connectivity index (χ3v) is 8.18. The van der Waals surface area contributed by atoms with Crippen LogP contribution >= 0.6 is 0 Å². The van der Waals surface area contributed by atoms with Gasteiger partial charge >= 0.3 is 0 Å². The summed E-state index contributed by atoms with van der Waals surface area (Å²) in [6.07, 6.45) is 15.2. The summed E-state index contributed by atoms with van der Waals surface area (Å²) in [4.78, 5) is 0. The fourth-order valence-corrected chi connectivity index (χ4v) is 5.97. The molecular weight excluding hydrogens is 435 g/mol. The minimum atomic E-state index is -0.309. The third-order valence-electron chi connectivity index (χ3n) is 8.18. The van der Waals surface area contributed by atoms with Crippen LogP contribution in [0.5, 0.6) is 0 Å². The minimum absolute atomic E-state index is 0.110. The molecule has 1 aliphatic carbocycles. The molecule has 1 aliphatic heterocycles. The molecule has 2 aromatic carbocycles. The monoisotopic (exact) mass is 480 g/mol. The Balaban J connectivity index is 1.28. The van der Waals surface area contributed by atoms with Gasteiger partial charge in [-0.1, -0.05) is 95.2 Å². The fourth-order valence-electron chi connectivity index (χ4n) is 5.97. The average Bonchev–Trinajstić information content (AvgIpc) is 2.90. The molecule has 35 heavy (non-hydrogen) atoms. The first kappa shape index (κ1) is 26.4. The summed E-state index contributed by atoms with van der Waals surface area (Å²) in [6, 6.07) is 13.9. The molecule has 1 saturated carbocycles. The zero-order valence-electron chi connectivity index (χ0n) is 21.9. The van der Waals surface area contributed by atoms with Crippen LogP contribution in [0.2, 0.25) is 0 Å². The fraction of sp³-hybridized carbons (Fsp3) is 0.625. The second-order valence-corrected chi connectivity index (χ2v) is 10.9. The highest BCUT2D eigenvalue weighted by molar-refractivity contribution is 5.65. The molecular formula is C32H45FO2. The highest BCUT2D eigenvalue weighted by Crippen LogP contribution is 2.39. The SMILES string of the molecule is CCCCCCCC1CCC(c2ccc(-c3ccc(C4OCC(CCC)CO4)cc3)c(F)c2)CC1. The van der Waals surface area contributed by atoms with Gasteiger partial charge in [0.1, 0.15) is 5.82 Å². The van der Waals surface area contributed by atoms with E-state index in [1.165, 1.54) is 69.8 Å². The van der Waals surface area contributed by atoms with Gasteiger partial charge in [-0.15, -0.1) is 0 Å². The quantitative estimate of drug-likeness (QED) is 0.298. The molecule has 4 rings (SSSR count). The number of hydrogen-bond acceptors (Lipinski definition) is 2. The van der Waals surface area contributed by atoms with Gasteiger partial charge in [-0.3, -0.25) is 0 Å². The standard InChI is InChI=1S/C32H45FO2/c1-3-5-6-7-8-10-24-11-13-26(14-12-24)29-19-20-30(31(33)21-29)27-15-17-28(18-16-27)32-34-22-25(9-4-2)23-35-32/h15-21,24-26,32H,3-14,22-23H2,1-2H3. The largest absolute Gasteiger partial charge is 0.348 e. The molecule has 2 aromatic rings. The first-order chi connectivity index (χ1) is 17.2. The van der Waals surface area contributed by atoms with Crippen molar-refractivity contribution >= 4 is 0 Å². The molecule has 192 valence electrons. The van der Waals surface area contributed by atoms with Crippen molar-refractivity contribution in [3.8, 4) is 11.1 Å². The molecule has 0 spiro atoms. The molecule has 1 heterocycles. The van der Waals surface area contributed by atoms with Crippen molar-refractivity contribution in [3.05, 3.63) is 59.4 Å². The van der Waals surface area contributed by atoms with Crippen LogP contribution in [0.25, 0.3) is 11.1 Å². The van der Waals surface area contributed by atoms with E-state index >= 15 is 4.39 Å². The van der Waals surface area contributed by atoms with Gasteiger partial charge in [-0.05, 0) is 61.1 Å². The number of hydrogen-bond donors (Lipinski definition) is 0. The Kier molecular flexibility index (Phi) is 10.2. The lowest BCUT2D eigenvalue weighted by atomic mass is 9.77. The Labute approximate surface area is 212 Å². The zero-order valence-corrected chi connectivity index (χ0v) is 21.9. The number of benzene rings is 2. The van der Waals surface area contributed by atoms with Gasteiger partial charge < -0.3 is 9.47 Å². The molecule has 0 aromatic heterocycles. The molecule has 0 bridgehead atoms. The normalized spacial score (nSPS) is 25.0. The van der Waals surface area contributed by atoms with Crippen LogP contribution in [0.3, 0.4) is 0 Å². The summed E-state index contributed by atoms with van der Waals surface area (Å²) >= 11 is 0. The summed E-state index contributed by atoms with van der Waals surface area (Å²) in [5, 5.41) is 0. The third kappa shape index (κ3) is 7.40. The van der Waals surface area contributed by atoms with Crippen LogP contribution in [0.1, 0.15) is 114 Å². The summed E-state index contributed by atoms with van der Waals surface area (Å²) in [5.74, 6) is 1.77.